The standard InChI is InChI=1S/C11H12N2O3S/c1-16-8-4-6(2-3-7(8)14)5-9-10(12)13-11(15)17-9/h2-4,14H,5,12H2,1H3,(H,13,15). The molecule has 4 N–H and O–H groups in total. The summed E-state index contributed by atoms with van der Waals surface area (Å²) in [5.74, 6) is 0.891. The molecular formula is C11H12N2O3S. The number of rotatable bonds is 3. The number of aromatic nitrogens is 1. The molecule has 0 fully saturated rings. The van der Waals surface area contributed by atoms with E-state index in [2.05, 4.69) is 4.98 Å². The maximum absolute atomic E-state index is 11.1. The van der Waals surface area contributed by atoms with Crippen molar-refractivity contribution in [1.82, 2.24) is 4.98 Å². The van der Waals surface area contributed by atoms with Crippen LogP contribution in [0, 0.1) is 0 Å². The van der Waals surface area contributed by atoms with Crippen LogP contribution in [0.5, 0.6) is 11.5 Å². The molecule has 0 bridgehead atoms. The second-order valence-electron chi connectivity index (χ2n) is 3.53. The van der Waals surface area contributed by atoms with Crippen molar-refractivity contribution in [2.75, 3.05) is 12.8 Å². The molecule has 2 aromatic rings. The summed E-state index contributed by atoms with van der Waals surface area (Å²) >= 11 is 1.09. The third kappa shape index (κ3) is 2.42. The van der Waals surface area contributed by atoms with Gasteiger partial charge in [-0.2, -0.15) is 0 Å². The van der Waals surface area contributed by atoms with E-state index in [0.717, 1.165) is 21.8 Å². The lowest BCUT2D eigenvalue weighted by Gasteiger charge is -2.05. The molecule has 0 aliphatic heterocycles. The third-order valence-electron chi connectivity index (χ3n) is 2.36. The van der Waals surface area contributed by atoms with Crippen molar-refractivity contribution >= 4 is 17.2 Å². The quantitative estimate of drug-likeness (QED) is 0.768. The van der Waals surface area contributed by atoms with Gasteiger partial charge in [0.05, 0.1) is 12.0 Å². The Hall–Kier alpha value is -1.95. The number of nitrogen functional groups attached to an aromatic ring is 1. The van der Waals surface area contributed by atoms with Crippen molar-refractivity contribution in [3.8, 4) is 11.5 Å². The van der Waals surface area contributed by atoms with Crippen molar-refractivity contribution in [3.63, 3.8) is 0 Å². The zero-order chi connectivity index (χ0) is 12.4. The Bertz CT molecular complexity index is 589. The topological polar surface area (TPSA) is 88.3 Å². The van der Waals surface area contributed by atoms with Crippen LogP contribution in [0.15, 0.2) is 23.0 Å². The highest BCUT2D eigenvalue weighted by Gasteiger charge is 2.08. The van der Waals surface area contributed by atoms with Gasteiger partial charge in [-0.05, 0) is 17.7 Å². The molecule has 0 spiro atoms. The predicted octanol–water partition coefficient (Wildman–Crippen LogP) is 1.32. The number of hydrogen-bond donors (Lipinski definition) is 3. The van der Waals surface area contributed by atoms with Gasteiger partial charge in [0.25, 0.3) is 0 Å². The van der Waals surface area contributed by atoms with Crippen molar-refractivity contribution in [2.24, 2.45) is 0 Å². The van der Waals surface area contributed by atoms with Gasteiger partial charge >= 0.3 is 4.87 Å². The number of nitrogens with two attached hydrogens (primary N) is 1. The maximum atomic E-state index is 11.1. The monoisotopic (exact) mass is 252 g/mol. The van der Waals surface area contributed by atoms with Crippen LogP contribution in [0.25, 0.3) is 0 Å². The molecule has 5 nitrogen and oxygen atoms in total. The Morgan fingerprint density at radius 1 is 1.53 bits per heavy atom. The SMILES string of the molecule is COc1cc(Cc2sc(=O)[nH]c2N)ccc1O. The van der Waals surface area contributed by atoms with E-state index in [1.54, 1.807) is 18.2 Å². The minimum absolute atomic E-state index is 0.0893. The smallest absolute Gasteiger partial charge is 0.306 e. The number of aromatic amines is 1. The Labute approximate surface area is 101 Å². The van der Waals surface area contributed by atoms with Gasteiger partial charge in [-0.25, -0.2) is 0 Å². The predicted molar refractivity (Wildman–Crippen MR) is 66.8 cm³/mol. The molecule has 1 aromatic carbocycles. The van der Waals surface area contributed by atoms with Gasteiger partial charge in [-0.15, -0.1) is 0 Å². The number of thiazole rings is 1. The summed E-state index contributed by atoms with van der Waals surface area (Å²) in [6.07, 6.45) is 0.534. The van der Waals surface area contributed by atoms with Gasteiger partial charge in [0.1, 0.15) is 5.82 Å². The van der Waals surface area contributed by atoms with Gasteiger partial charge in [0.2, 0.25) is 0 Å². The molecule has 1 aromatic heterocycles. The van der Waals surface area contributed by atoms with E-state index in [0.29, 0.717) is 18.0 Å². The number of nitrogens with one attached hydrogen (secondary N) is 1. The summed E-state index contributed by atoms with van der Waals surface area (Å²) in [5.41, 5.74) is 6.58. The molecule has 0 aliphatic carbocycles. The van der Waals surface area contributed by atoms with E-state index < -0.39 is 0 Å². The lowest BCUT2D eigenvalue weighted by atomic mass is 10.1. The van der Waals surface area contributed by atoms with Gasteiger partial charge < -0.3 is 15.6 Å². The van der Waals surface area contributed by atoms with Crippen LogP contribution in [0.2, 0.25) is 0 Å². The molecule has 0 aliphatic rings. The molecule has 0 amide bonds. The molecule has 0 unspecified atom stereocenters. The van der Waals surface area contributed by atoms with Crippen LogP contribution in [0.4, 0.5) is 5.82 Å². The number of methoxy groups -OCH3 is 1. The lowest BCUT2D eigenvalue weighted by Crippen LogP contribution is -1.95. The molecule has 0 radical (unpaired) electrons. The van der Waals surface area contributed by atoms with E-state index in [9.17, 15) is 9.90 Å². The van der Waals surface area contributed by atoms with E-state index in [4.69, 9.17) is 10.5 Å². The number of hydrogen-bond acceptors (Lipinski definition) is 5. The molecule has 6 heteroatoms. The summed E-state index contributed by atoms with van der Waals surface area (Å²) in [5, 5.41) is 9.46. The zero-order valence-electron chi connectivity index (χ0n) is 9.19. The highest BCUT2D eigenvalue weighted by atomic mass is 32.1. The molecule has 90 valence electrons. The second-order valence-corrected chi connectivity index (χ2v) is 4.60. The van der Waals surface area contributed by atoms with Crippen LogP contribution in [0.1, 0.15) is 10.4 Å². The highest BCUT2D eigenvalue weighted by Crippen LogP contribution is 2.28. The molecule has 2 rings (SSSR count). The number of benzene rings is 1. The summed E-state index contributed by atoms with van der Waals surface area (Å²) in [7, 11) is 1.49. The largest absolute Gasteiger partial charge is 0.504 e. The van der Waals surface area contributed by atoms with Crippen molar-refractivity contribution in [3.05, 3.63) is 38.3 Å². The first-order valence-electron chi connectivity index (χ1n) is 4.93. The first-order valence-corrected chi connectivity index (χ1v) is 5.75. The Kier molecular flexibility index (Phi) is 3.06. The van der Waals surface area contributed by atoms with Gasteiger partial charge in [-0.3, -0.25) is 9.78 Å². The molecule has 0 atom stereocenters. The van der Waals surface area contributed by atoms with Crippen LogP contribution in [0.3, 0.4) is 0 Å². The van der Waals surface area contributed by atoms with E-state index in [1.165, 1.54) is 7.11 Å². The summed E-state index contributed by atoms with van der Waals surface area (Å²) in [6, 6.07) is 5.04. The summed E-state index contributed by atoms with van der Waals surface area (Å²) < 4.78 is 5.01. The minimum Gasteiger partial charge on any atom is -0.504 e. The van der Waals surface area contributed by atoms with Crippen LogP contribution >= 0.6 is 11.3 Å². The van der Waals surface area contributed by atoms with Crippen LogP contribution in [-0.4, -0.2) is 17.2 Å². The number of phenols is 1. The van der Waals surface area contributed by atoms with E-state index in [-0.39, 0.29) is 10.6 Å². The Balaban J connectivity index is 2.30. The molecule has 0 saturated heterocycles. The zero-order valence-corrected chi connectivity index (χ0v) is 10.0. The van der Waals surface area contributed by atoms with E-state index >= 15 is 0 Å². The number of anilines is 1. The highest BCUT2D eigenvalue weighted by molar-refractivity contribution is 7.09. The fraction of sp³-hybridized carbons (Fsp3) is 0.182. The Morgan fingerprint density at radius 2 is 2.29 bits per heavy atom. The maximum Gasteiger partial charge on any atom is 0.306 e. The molecular weight excluding hydrogens is 240 g/mol. The average molecular weight is 252 g/mol. The van der Waals surface area contributed by atoms with Crippen LogP contribution in [-0.2, 0) is 6.42 Å². The first-order chi connectivity index (χ1) is 8.10. The van der Waals surface area contributed by atoms with Gasteiger partial charge in [0.15, 0.2) is 11.5 Å². The fourth-order valence-electron chi connectivity index (χ4n) is 1.52. The first kappa shape index (κ1) is 11.5. The van der Waals surface area contributed by atoms with Crippen molar-refractivity contribution in [1.29, 1.82) is 0 Å². The number of aromatic hydroxyl groups is 1. The third-order valence-corrected chi connectivity index (χ3v) is 3.26. The normalized spacial score (nSPS) is 10.4. The molecule has 0 saturated carbocycles. The lowest BCUT2D eigenvalue weighted by molar-refractivity contribution is 0.373. The molecule has 1 heterocycles. The number of ether oxygens (including phenoxy) is 1. The van der Waals surface area contributed by atoms with Gasteiger partial charge in [0, 0.05) is 6.42 Å². The summed E-state index contributed by atoms with van der Waals surface area (Å²) in [4.78, 5) is 14.2. The Morgan fingerprint density at radius 3 is 2.88 bits per heavy atom. The average Bonchev–Trinajstić information content (AvgIpc) is 2.60. The van der Waals surface area contributed by atoms with Crippen molar-refractivity contribution < 1.29 is 9.84 Å². The second kappa shape index (κ2) is 4.50. The van der Waals surface area contributed by atoms with Crippen LogP contribution < -0.4 is 15.3 Å². The summed E-state index contributed by atoms with van der Waals surface area (Å²) in [6.45, 7) is 0. The number of phenolic OH excluding ortho intramolecular Hbond substituents is 1. The van der Waals surface area contributed by atoms with E-state index in [1.807, 2.05) is 0 Å². The fourth-order valence-corrected chi connectivity index (χ4v) is 2.31. The molecule has 17 heavy (non-hydrogen) atoms. The minimum atomic E-state index is -0.164. The van der Waals surface area contributed by atoms with Gasteiger partial charge in [-0.1, -0.05) is 17.4 Å². The number of H-pyrrole nitrogens is 1. The van der Waals surface area contributed by atoms with Crippen molar-refractivity contribution in [2.45, 2.75) is 6.42 Å².